The Labute approximate surface area is 238 Å². The number of nitrogens with one attached hydrogen (secondary N) is 1. The minimum Gasteiger partial charge on any atom is -0.481 e. The molecule has 0 fully saturated rings. The number of unbranched alkanes of at least 4 members (excludes halogenated alkanes) is 4. The van der Waals surface area contributed by atoms with Crippen LogP contribution in [0.25, 0.3) is 0 Å². The van der Waals surface area contributed by atoms with Gasteiger partial charge in [-0.05, 0) is 53.9 Å². The van der Waals surface area contributed by atoms with E-state index in [2.05, 4.69) is 109 Å². The van der Waals surface area contributed by atoms with Crippen LogP contribution in [-0.4, -0.2) is 35.5 Å². The van der Waals surface area contributed by atoms with Crippen LogP contribution in [-0.2, 0) is 14.3 Å². The first-order chi connectivity index (χ1) is 18.5. The van der Waals surface area contributed by atoms with E-state index < -0.39 is 5.97 Å². The maximum atomic E-state index is 10.7. The van der Waals surface area contributed by atoms with Crippen LogP contribution in [0.2, 0.25) is 0 Å². The second-order valence-corrected chi connectivity index (χ2v) is 10.8. The number of benzene rings is 3. The normalized spacial score (nSPS) is 10.8. The summed E-state index contributed by atoms with van der Waals surface area (Å²) < 4.78 is -0.281. The molecule has 3 aromatic rings. The van der Waals surface area contributed by atoms with Crippen molar-refractivity contribution >= 4 is 36.3 Å². The zero-order valence-electron chi connectivity index (χ0n) is 22.4. The molecule has 3 rings (SSSR count). The lowest BCUT2D eigenvalue weighted by molar-refractivity contribution is -0.137. The van der Waals surface area contributed by atoms with Gasteiger partial charge < -0.3 is 10.4 Å². The average Bonchev–Trinajstić information content (AvgIpc) is 2.96. The fourth-order valence-electron chi connectivity index (χ4n) is 4.25. The standard InChI is InChI=1S/C25H26O2S.C7H15NOS/c26-24(27)19-11-4-12-20-28-25(21-13-5-1-6-14-21,22-15-7-2-8-16-22)23-17-9-3-10-18-23;1-8-7(9)5-3-2-4-6-10/h1-3,5-10,13-18H,4,11-12,19-20H2,(H,26,27);10H,2-6H2,1H3,(H,8,9). The summed E-state index contributed by atoms with van der Waals surface area (Å²) >= 11 is 6.01. The third-order valence-electron chi connectivity index (χ3n) is 6.24. The molecule has 0 saturated heterocycles. The molecule has 0 spiro atoms. The lowest BCUT2D eigenvalue weighted by atomic mass is 9.84. The van der Waals surface area contributed by atoms with E-state index in [0.29, 0.717) is 6.42 Å². The van der Waals surface area contributed by atoms with Gasteiger partial charge in [-0.25, -0.2) is 0 Å². The maximum Gasteiger partial charge on any atom is 0.303 e. The maximum absolute atomic E-state index is 10.7. The third-order valence-corrected chi connectivity index (χ3v) is 8.18. The first-order valence-corrected chi connectivity index (χ1v) is 15.0. The van der Waals surface area contributed by atoms with E-state index >= 15 is 0 Å². The van der Waals surface area contributed by atoms with Gasteiger partial charge in [0.05, 0.1) is 4.75 Å². The van der Waals surface area contributed by atoms with Crippen molar-refractivity contribution in [1.82, 2.24) is 5.32 Å². The molecule has 0 radical (unpaired) electrons. The fourth-order valence-corrected chi connectivity index (χ4v) is 6.03. The van der Waals surface area contributed by atoms with Gasteiger partial charge in [0.15, 0.2) is 0 Å². The van der Waals surface area contributed by atoms with Crippen molar-refractivity contribution in [2.45, 2.75) is 56.1 Å². The highest BCUT2D eigenvalue weighted by Crippen LogP contribution is 2.48. The number of carboxylic acids is 1. The third kappa shape index (κ3) is 10.6. The molecule has 2 N–H and O–H groups in total. The van der Waals surface area contributed by atoms with E-state index in [1.807, 2.05) is 11.8 Å². The van der Waals surface area contributed by atoms with E-state index in [1.54, 1.807) is 7.05 Å². The summed E-state index contributed by atoms with van der Waals surface area (Å²) in [6.45, 7) is 0. The molecule has 4 nitrogen and oxygen atoms in total. The van der Waals surface area contributed by atoms with E-state index in [9.17, 15) is 9.59 Å². The van der Waals surface area contributed by atoms with Crippen molar-refractivity contribution in [2.75, 3.05) is 18.6 Å². The first kappa shape index (κ1) is 31.5. The Bertz CT molecular complexity index is 949. The van der Waals surface area contributed by atoms with E-state index in [-0.39, 0.29) is 17.1 Å². The molecule has 0 aliphatic heterocycles. The second-order valence-electron chi connectivity index (χ2n) is 9.04. The molecule has 0 aromatic heterocycles. The molecule has 204 valence electrons. The van der Waals surface area contributed by atoms with Crippen LogP contribution < -0.4 is 5.32 Å². The van der Waals surface area contributed by atoms with Gasteiger partial charge in [0.25, 0.3) is 0 Å². The fraction of sp³-hybridized carbons (Fsp3) is 0.375. The quantitative estimate of drug-likeness (QED) is 0.103. The number of carbonyl (C=O) groups is 2. The highest BCUT2D eigenvalue weighted by molar-refractivity contribution is 8.00. The van der Waals surface area contributed by atoms with Crippen LogP contribution in [0.3, 0.4) is 0 Å². The van der Waals surface area contributed by atoms with E-state index in [0.717, 1.165) is 50.0 Å². The van der Waals surface area contributed by atoms with Crippen LogP contribution in [0.4, 0.5) is 0 Å². The Morgan fingerprint density at radius 2 is 1.16 bits per heavy atom. The van der Waals surface area contributed by atoms with E-state index in [1.165, 1.54) is 16.7 Å². The molecule has 6 heteroatoms. The van der Waals surface area contributed by atoms with Gasteiger partial charge in [-0.3, -0.25) is 9.59 Å². The Kier molecular flexibility index (Phi) is 15.4. The molecule has 0 aliphatic carbocycles. The van der Waals surface area contributed by atoms with Gasteiger partial charge in [-0.1, -0.05) is 104 Å². The van der Waals surface area contributed by atoms with Crippen molar-refractivity contribution in [3.63, 3.8) is 0 Å². The number of hydrogen-bond acceptors (Lipinski definition) is 4. The zero-order chi connectivity index (χ0) is 27.5. The molecule has 0 unspecified atom stereocenters. The molecule has 38 heavy (non-hydrogen) atoms. The van der Waals surface area contributed by atoms with Crippen molar-refractivity contribution in [1.29, 1.82) is 0 Å². The molecular formula is C32H41NO3S2. The average molecular weight is 552 g/mol. The monoisotopic (exact) mass is 551 g/mol. The summed E-state index contributed by atoms with van der Waals surface area (Å²) in [5.74, 6) is 1.32. The Balaban J connectivity index is 0.000000432. The number of amides is 1. The summed E-state index contributed by atoms with van der Waals surface area (Å²) in [5.41, 5.74) is 3.80. The largest absolute Gasteiger partial charge is 0.481 e. The molecule has 0 aliphatic rings. The predicted molar refractivity (Wildman–Crippen MR) is 164 cm³/mol. The van der Waals surface area contributed by atoms with Crippen molar-refractivity contribution in [2.24, 2.45) is 0 Å². The summed E-state index contributed by atoms with van der Waals surface area (Å²) in [6.07, 6.45) is 6.80. The highest BCUT2D eigenvalue weighted by atomic mass is 32.2. The molecule has 3 aromatic carbocycles. The predicted octanol–water partition coefficient (Wildman–Crippen LogP) is 7.58. The summed E-state index contributed by atoms with van der Waals surface area (Å²) in [4.78, 5) is 21.4. The molecule has 0 bridgehead atoms. The molecule has 0 saturated carbocycles. The van der Waals surface area contributed by atoms with Gasteiger partial charge in [0, 0.05) is 19.9 Å². The van der Waals surface area contributed by atoms with Crippen LogP contribution in [0.1, 0.15) is 68.1 Å². The molecule has 0 atom stereocenters. The van der Waals surface area contributed by atoms with Crippen molar-refractivity contribution in [3.05, 3.63) is 108 Å². The van der Waals surface area contributed by atoms with Crippen molar-refractivity contribution < 1.29 is 14.7 Å². The second kappa shape index (κ2) is 18.5. The number of thioether (sulfide) groups is 1. The zero-order valence-corrected chi connectivity index (χ0v) is 24.1. The number of thiol groups is 1. The topological polar surface area (TPSA) is 66.4 Å². The van der Waals surface area contributed by atoms with Crippen LogP contribution in [0.5, 0.6) is 0 Å². The Hall–Kier alpha value is -2.70. The van der Waals surface area contributed by atoms with Crippen LogP contribution in [0, 0.1) is 0 Å². The minimum atomic E-state index is -0.708. The number of rotatable bonds is 15. The Morgan fingerprint density at radius 1 is 0.711 bits per heavy atom. The van der Waals surface area contributed by atoms with Gasteiger partial charge in [0.2, 0.25) is 5.91 Å². The SMILES string of the molecule is CNC(=O)CCCCCS.O=C(O)CCCCCSC(c1ccccc1)(c1ccccc1)c1ccccc1. The van der Waals surface area contributed by atoms with Crippen LogP contribution >= 0.6 is 24.4 Å². The Morgan fingerprint density at radius 3 is 1.58 bits per heavy atom. The number of hydrogen-bond donors (Lipinski definition) is 3. The molecule has 1 amide bonds. The van der Waals surface area contributed by atoms with Gasteiger partial charge in [-0.15, -0.1) is 11.8 Å². The minimum absolute atomic E-state index is 0.138. The van der Waals surface area contributed by atoms with Crippen molar-refractivity contribution in [3.8, 4) is 0 Å². The highest BCUT2D eigenvalue weighted by Gasteiger charge is 2.36. The first-order valence-electron chi connectivity index (χ1n) is 13.4. The summed E-state index contributed by atoms with van der Waals surface area (Å²) in [6, 6.07) is 32.0. The van der Waals surface area contributed by atoms with Gasteiger partial charge in [0.1, 0.15) is 0 Å². The number of aliphatic carboxylic acids is 1. The lowest BCUT2D eigenvalue weighted by Gasteiger charge is -2.35. The molecule has 0 heterocycles. The van der Waals surface area contributed by atoms with Gasteiger partial charge in [-0.2, -0.15) is 12.6 Å². The van der Waals surface area contributed by atoms with Gasteiger partial charge >= 0.3 is 5.97 Å². The summed E-state index contributed by atoms with van der Waals surface area (Å²) in [5, 5.41) is 11.4. The number of carbonyl (C=O) groups excluding carboxylic acids is 1. The van der Waals surface area contributed by atoms with Crippen LogP contribution in [0.15, 0.2) is 91.0 Å². The van der Waals surface area contributed by atoms with E-state index in [4.69, 9.17) is 5.11 Å². The summed E-state index contributed by atoms with van der Waals surface area (Å²) in [7, 11) is 1.67. The lowest BCUT2D eigenvalue weighted by Crippen LogP contribution is -2.26. The molecular weight excluding hydrogens is 510 g/mol. The smallest absolute Gasteiger partial charge is 0.303 e. The number of carboxylic acid groups (broad SMARTS) is 1.